The van der Waals surface area contributed by atoms with Gasteiger partial charge >= 0.3 is 0 Å². The Kier molecular flexibility index (Phi) is 4.48. The summed E-state index contributed by atoms with van der Waals surface area (Å²) >= 11 is 0. The number of sulfonamides is 1. The Bertz CT molecular complexity index is 641. The van der Waals surface area contributed by atoms with Crippen LogP contribution in [0.5, 0.6) is 0 Å². The molecule has 0 atom stereocenters. The maximum atomic E-state index is 12.7. The Hall–Kier alpha value is -1.67. The zero-order valence-electron chi connectivity index (χ0n) is 11.9. The summed E-state index contributed by atoms with van der Waals surface area (Å²) in [5.74, 6) is 0. The van der Waals surface area contributed by atoms with Crippen molar-refractivity contribution in [1.29, 1.82) is 0 Å². The molecule has 1 saturated carbocycles. The lowest BCUT2D eigenvalue weighted by molar-refractivity contribution is -0.384. The van der Waals surface area contributed by atoms with Gasteiger partial charge in [0.2, 0.25) is 10.0 Å². The van der Waals surface area contributed by atoms with Crippen molar-refractivity contribution in [2.24, 2.45) is 0 Å². The molecule has 116 valence electrons. The SMILES string of the molecule is CCCCN(C1CC1)S(=O)(=O)c1ccc(N)c([N+](=O)[O-])c1. The van der Waals surface area contributed by atoms with Gasteiger partial charge in [-0.25, -0.2) is 8.42 Å². The number of unbranched alkanes of at least 4 members (excludes halogenated alkanes) is 1. The Morgan fingerprint density at radius 2 is 2.10 bits per heavy atom. The first-order chi connectivity index (χ1) is 9.87. The minimum atomic E-state index is -3.71. The standard InChI is InChI=1S/C13H19N3O4S/c1-2-3-8-15(10-4-5-10)21(19,20)11-6-7-12(14)13(9-11)16(17)18/h6-7,9-10H,2-5,8,14H2,1H3. The maximum Gasteiger partial charge on any atom is 0.293 e. The zero-order valence-corrected chi connectivity index (χ0v) is 12.7. The van der Waals surface area contributed by atoms with Crippen molar-refractivity contribution in [2.45, 2.75) is 43.5 Å². The minimum absolute atomic E-state index is 0.0261. The van der Waals surface area contributed by atoms with Crippen LogP contribution >= 0.6 is 0 Å². The first-order valence-electron chi connectivity index (χ1n) is 6.93. The van der Waals surface area contributed by atoms with E-state index in [2.05, 4.69) is 0 Å². The van der Waals surface area contributed by atoms with Gasteiger partial charge in [0.25, 0.3) is 5.69 Å². The highest BCUT2D eigenvalue weighted by molar-refractivity contribution is 7.89. The van der Waals surface area contributed by atoms with Gasteiger partial charge in [-0.2, -0.15) is 4.31 Å². The summed E-state index contributed by atoms with van der Waals surface area (Å²) in [6.07, 6.45) is 3.35. The molecule has 0 aliphatic heterocycles. The van der Waals surface area contributed by atoms with Gasteiger partial charge in [-0.05, 0) is 31.4 Å². The van der Waals surface area contributed by atoms with Gasteiger partial charge in [-0.3, -0.25) is 10.1 Å². The van der Waals surface area contributed by atoms with Crippen molar-refractivity contribution in [3.8, 4) is 0 Å². The van der Waals surface area contributed by atoms with Crippen molar-refractivity contribution in [3.05, 3.63) is 28.3 Å². The van der Waals surface area contributed by atoms with E-state index in [0.717, 1.165) is 31.7 Å². The number of nitrogen functional groups attached to an aromatic ring is 1. The predicted octanol–water partition coefficient (Wildman–Crippen LogP) is 2.13. The van der Waals surface area contributed by atoms with Crippen molar-refractivity contribution in [1.82, 2.24) is 4.31 Å². The summed E-state index contributed by atoms with van der Waals surface area (Å²) in [5, 5.41) is 10.9. The van der Waals surface area contributed by atoms with Gasteiger partial charge in [-0.15, -0.1) is 0 Å². The molecule has 21 heavy (non-hydrogen) atoms. The molecule has 1 aliphatic rings. The molecule has 0 saturated heterocycles. The number of benzene rings is 1. The van der Waals surface area contributed by atoms with Crippen LogP contribution < -0.4 is 5.73 Å². The summed E-state index contributed by atoms with van der Waals surface area (Å²) in [6, 6.07) is 3.68. The lowest BCUT2D eigenvalue weighted by atomic mass is 10.3. The highest BCUT2D eigenvalue weighted by Gasteiger charge is 2.38. The topological polar surface area (TPSA) is 107 Å². The predicted molar refractivity (Wildman–Crippen MR) is 79.3 cm³/mol. The fourth-order valence-corrected chi connectivity index (χ4v) is 3.90. The number of rotatable bonds is 7. The van der Waals surface area contributed by atoms with Crippen molar-refractivity contribution in [2.75, 3.05) is 12.3 Å². The van der Waals surface area contributed by atoms with E-state index in [9.17, 15) is 18.5 Å². The lowest BCUT2D eigenvalue weighted by Gasteiger charge is -2.21. The highest BCUT2D eigenvalue weighted by atomic mass is 32.2. The summed E-state index contributed by atoms with van der Waals surface area (Å²) in [5.41, 5.74) is 5.10. The van der Waals surface area contributed by atoms with Crippen LogP contribution in [-0.4, -0.2) is 30.2 Å². The number of hydrogen-bond donors (Lipinski definition) is 1. The quantitative estimate of drug-likeness (QED) is 0.471. The molecule has 0 radical (unpaired) electrons. The van der Waals surface area contributed by atoms with Gasteiger partial charge in [-0.1, -0.05) is 13.3 Å². The number of nitrogens with zero attached hydrogens (tertiary/aromatic N) is 2. The smallest absolute Gasteiger partial charge is 0.293 e. The number of nitrogens with two attached hydrogens (primary N) is 1. The second-order valence-electron chi connectivity index (χ2n) is 5.18. The second-order valence-corrected chi connectivity index (χ2v) is 7.07. The third-order valence-corrected chi connectivity index (χ3v) is 5.44. The van der Waals surface area contributed by atoms with Crippen molar-refractivity contribution in [3.63, 3.8) is 0 Å². The Morgan fingerprint density at radius 1 is 1.43 bits per heavy atom. The second kappa shape index (κ2) is 5.98. The Labute approximate surface area is 123 Å². The van der Waals surface area contributed by atoms with E-state index in [1.807, 2.05) is 6.92 Å². The van der Waals surface area contributed by atoms with Crippen LogP contribution in [0, 0.1) is 10.1 Å². The van der Waals surface area contributed by atoms with Crippen LogP contribution in [0.3, 0.4) is 0 Å². The molecule has 2 rings (SSSR count). The number of nitro benzene ring substituents is 1. The highest BCUT2D eigenvalue weighted by Crippen LogP contribution is 2.34. The van der Waals surface area contributed by atoms with E-state index in [1.54, 1.807) is 0 Å². The number of nitro groups is 1. The van der Waals surface area contributed by atoms with E-state index in [0.29, 0.717) is 6.54 Å². The van der Waals surface area contributed by atoms with Crippen LogP contribution in [0.1, 0.15) is 32.6 Å². The summed E-state index contributed by atoms with van der Waals surface area (Å²) in [4.78, 5) is 10.2. The summed E-state index contributed by atoms with van der Waals surface area (Å²) < 4.78 is 26.8. The molecule has 7 nitrogen and oxygen atoms in total. The van der Waals surface area contributed by atoms with E-state index < -0.39 is 14.9 Å². The molecule has 1 aliphatic carbocycles. The summed E-state index contributed by atoms with van der Waals surface area (Å²) in [7, 11) is -3.71. The van der Waals surface area contributed by atoms with Gasteiger partial charge in [0.05, 0.1) is 9.82 Å². The molecule has 8 heteroatoms. The van der Waals surface area contributed by atoms with Crippen LogP contribution in [0.25, 0.3) is 0 Å². The van der Waals surface area contributed by atoms with Crippen LogP contribution in [-0.2, 0) is 10.0 Å². The van der Waals surface area contributed by atoms with Crippen LogP contribution in [0.15, 0.2) is 23.1 Å². The third-order valence-electron chi connectivity index (χ3n) is 3.49. The molecule has 0 bridgehead atoms. The molecule has 0 spiro atoms. The van der Waals surface area contributed by atoms with Crippen molar-refractivity contribution >= 4 is 21.4 Å². The largest absolute Gasteiger partial charge is 0.393 e. The molecular formula is C13H19N3O4S. The molecule has 0 amide bonds. The molecule has 1 aromatic rings. The molecule has 2 N–H and O–H groups in total. The van der Waals surface area contributed by atoms with Gasteiger partial charge in [0.15, 0.2) is 0 Å². The zero-order chi connectivity index (χ0) is 15.6. The van der Waals surface area contributed by atoms with Crippen molar-refractivity contribution < 1.29 is 13.3 Å². The molecule has 0 aromatic heterocycles. The number of hydrogen-bond acceptors (Lipinski definition) is 5. The molecular weight excluding hydrogens is 294 g/mol. The van der Waals surface area contributed by atoms with Gasteiger partial charge in [0, 0.05) is 18.7 Å². The van der Waals surface area contributed by atoms with E-state index >= 15 is 0 Å². The monoisotopic (exact) mass is 313 g/mol. The first kappa shape index (κ1) is 15.7. The van der Waals surface area contributed by atoms with Crippen LogP contribution in [0.4, 0.5) is 11.4 Å². The molecule has 1 aromatic carbocycles. The van der Waals surface area contributed by atoms with Crippen LogP contribution in [0.2, 0.25) is 0 Å². The van der Waals surface area contributed by atoms with Gasteiger partial charge < -0.3 is 5.73 Å². The normalized spacial score (nSPS) is 15.3. The molecule has 0 unspecified atom stereocenters. The summed E-state index contributed by atoms with van der Waals surface area (Å²) in [6.45, 7) is 2.44. The maximum absolute atomic E-state index is 12.7. The minimum Gasteiger partial charge on any atom is -0.393 e. The molecule has 0 heterocycles. The fraction of sp³-hybridized carbons (Fsp3) is 0.538. The first-order valence-corrected chi connectivity index (χ1v) is 8.37. The lowest BCUT2D eigenvalue weighted by Crippen LogP contribution is -2.34. The average molecular weight is 313 g/mol. The number of anilines is 1. The van der Waals surface area contributed by atoms with Gasteiger partial charge in [0.1, 0.15) is 5.69 Å². The fourth-order valence-electron chi connectivity index (χ4n) is 2.15. The Morgan fingerprint density at radius 3 is 2.62 bits per heavy atom. The third kappa shape index (κ3) is 3.33. The Balaban J connectivity index is 2.37. The van der Waals surface area contributed by atoms with E-state index in [1.165, 1.54) is 16.4 Å². The molecule has 1 fully saturated rings. The van der Waals surface area contributed by atoms with E-state index in [-0.39, 0.29) is 22.3 Å². The average Bonchev–Trinajstić information content (AvgIpc) is 3.23. The van der Waals surface area contributed by atoms with E-state index in [4.69, 9.17) is 5.73 Å².